The minimum Gasteiger partial charge on any atom is -0.267 e. The number of benzene rings is 2. The van der Waals surface area contributed by atoms with Crippen molar-refractivity contribution in [3.63, 3.8) is 0 Å². The maximum Gasteiger partial charge on any atom is 0.264 e. The summed E-state index contributed by atoms with van der Waals surface area (Å²) in [7, 11) is -4.06. The quantitative estimate of drug-likeness (QED) is 0.511. The average Bonchev–Trinajstić information content (AvgIpc) is 3.06. The smallest absolute Gasteiger partial charge is 0.264 e. The van der Waals surface area contributed by atoms with Gasteiger partial charge in [0.2, 0.25) is 0 Å². The van der Waals surface area contributed by atoms with Crippen LogP contribution in [0.5, 0.6) is 0 Å². The van der Waals surface area contributed by atoms with E-state index in [0.29, 0.717) is 11.6 Å². The highest BCUT2D eigenvalue weighted by Gasteiger charge is 2.42. The van der Waals surface area contributed by atoms with E-state index < -0.39 is 18.0 Å². The molecule has 1 fully saturated rings. The van der Waals surface area contributed by atoms with E-state index in [0.717, 1.165) is 19.3 Å². The zero-order valence-electron chi connectivity index (χ0n) is 16.3. The first-order valence-electron chi connectivity index (χ1n) is 9.64. The van der Waals surface area contributed by atoms with E-state index >= 15 is 0 Å². The molecular formula is C22H29O3PS. The molecule has 3 atom stereocenters. The summed E-state index contributed by atoms with van der Waals surface area (Å²) in [5.74, 6) is 0.691. The second-order valence-electron chi connectivity index (χ2n) is 7.71. The van der Waals surface area contributed by atoms with Gasteiger partial charge in [-0.25, -0.2) is 0 Å². The topological polar surface area (TPSA) is 43.4 Å². The lowest BCUT2D eigenvalue weighted by atomic mass is 9.93. The van der Waals surface area contributed by atoms with Crippen molar-refractivity contribution in [2.24, 2.45) is 11.8 Å². The molecule has 1 aliphatic carbocycles. The molecule has 0 radical (unpaired) electrons. The van der Waals surface area contributed by atoms with Crippen LogP contribution in [-0.2, 0) is 14.3 Å². The molecule has 146 valence electrons. The molecule has 2 aromatic carbocycles. The Balaban J connectivity index is 2.03. The Bertz CT molecular complexity index is 782. The van der Waals surface area contributed by atoms with Crippen LogP contribution in [0.25, 0.3) is 0 Å². The van der Waals surface area contributed by atoms with Gasteiger partial charge in [-0.05, 0) is 48.9 Å². The molecule has 0 spiro atoms. The predicted octanol–water partition coefficient (Wildman–Crippen LogP) is 4.29. The highest BCUT2D eigenvalue weighted by atomic mass is 32.2. The molecule has 3 nitrogen and oxygen atoms in total. The summed E-state index contributed by atoms with van der Waals surface area (Å²) in [6.45, 7) is 4.53. The van der Waals surface area contributed by atoms with Crippen LogP contribution >= 0.6 is 7.92 Å². The molecule has 1 saturated carbocycles. The number of hydrogen-bond acceptors (Lipinski definition) is 3. The third-order valence-electron chi connectivity index (χ3n) is 5.29. The third kappa shape index (κ3) is 5.19. The van der Waals surface area contributed by atoms with Crippen molar-refractivity contribution in [1.82, 2.24) is 0 Å². The van der Waals surface area contributed by atoms with Gasteiger partial charge in [0.05, 0.1) is 12.4 Å². The lowest BCUT2D eigenvalue weighted by molar-refractivity contribution is 0.157. The van der Waals surface area contributed by atoms with Crippen LogP contribution in [0.1, 0.15) is 33.1 Å². The van der Waals surface area contributed by atoms with E-state index in [1.54, 1.807) is 0 Å². The third-order valence-corrected chi connectivity index (χ3v) is 9.17. The Morgan fingerprint density at radius 1 is 0.926 bits per heavy atom. The van der Waals surface area contributed by atoms with Crippen LogP contribution in [0.3, 0.4) is 0 Å². The van der Waals surface area contributed by atoms with Crippen molar-refractivity contribution in [3.8, 4) is 0 Å². The largest absolute Gasteiger partial charge is 0.267 e. The van der Waals surface area contributed by atoms with Gasteiger partial charge in [0.15, 0.2) is 0 Å². The fraction of sp³-hybridized carbons (Fsp3) is 0.455. The van der Waals surface area contributed by atoms with Crippen molar-refractivity contribution in [2.75, 3.05) is 6.26 Å². The van der Waals surface area contributed by atoms with E-state index in [-0.39, 0.29) is 12.0 Å². The van der Waals surface area contributed by atoms with E-state index in [1.165, 1.54) is 16.9 Å². The summed E-state index contributed by atoms with van der Waals surface area (Å²) >= 11 is 0. The molecule has 0 N–H and O–H groups in total. The molecule has 2 aromatic rings. The number of hydrogen-bond donors (Lipinski definition) is 0. The molecule has 0 amide bonds. The highest BCUT2D eigenvalue weighted by molar-refractivity contribution is 7.86. The van der Waals surface area contributed by atoms with Crippen molar-refractivity contribution in [3.05, 3.63) is 60.7 Å². The van der Waals surface area contributed by atoms with Gasteiger partial charge in [0, 0.05) is 0 Å². The molecule has 5 heteroatoms. The van der Waals surface area contributed by atoms with Crippen LogP contribution in [0.4, 0.5) is 0 Å². The molecule has 0 aliphatic heterocycles. The Morgan fingerprint density at radius 3 is 1.89 bits per heavy atom. The first kappa shape index (κ1) is 20.5. The standard InChI is InChI=1S/C22H29O3PS/c1-17(2)22(20-15-10-16-21(20)25-27(3,23)24)26(18-11-6-4-7-12-18)19-13-8-5-9-14-19/h4-9,11-14,17,20-22H,10,15-16H2,1-3H3/t20-,21+,22+/m1/s1. The molecule has 0 unspecified atom stereocenters. The van der Waals surface area contributed by atoms with Gasteiger partial charge in [-0.15, -0.1) is 0 Å². The molecule has 0 aromatic heterocycles. The molecule has 0 saturated heterocycles. The Hall–Kier alpha value is -1.22. The lowest BCUT2D eigenvalue weighted by Crippen LogP contribution is -2.37. The zero-order valence-corrected chi connectivity index (χ0v) is 18.0. The average molecular weight is 405 g/mol. The van der Waals surface area contributed by atoms with Crippen LogP contribution in [0, 0.1) is 11.8 Å². The normalized spacial score (nSPS) is 21.7. The Kier molecular flexibility index (Phi) is 6.73. The van der Waals surface area contributed by atoms with Gasteiger partial charge >= 0.3 is 0 Å². The maximum absolute atomic E-state index is 11.8. The van der Waals surface area contributed by atoms with Gasteiger partial charge < -0.3 is 0 Å². The van der Waals surface area contributed by atoms with Crippen molar-refractivity contribution in [1.29, 1.82) is 0 Å². The van der Waals surface area contributed by atoms with Crippen LogP contribution < -0.4 is 10.6 Å². The fourth-order valence-electron chi connectivity index (χ4n) is 4.34. The predicted molar refractivity (Wildman–Crippen MR) is 115 cm³/mol. The first-order valence-corrected chi connectivity index (χ1v) is 12.9. The fourth-order valence-corrected chi connectivity index (χ4v) is 8.33. The summed E-state index contributed by atoms with van der Waals surface area (Å²) < 4.78 is 29.2. The first-order chi connectivity index (χ1) is 12.9. The minimum absolute atomic E-state index is 0.204. The summed E-state index contributed by atoms with van der Waals surface area (Å²) in [6, 6.07) is 21.4. The molecule has 27 heavy (non-hydrogen) atoms. The van der Waals surface area contributed by atoms with Crippen molar-refractivity contribution < 1.29 is 12.6 Å². The van der Waals surface area contributed by atoms with Crippen LogP contribution in [0.15, 0.2) is 60.7 Å². The summed E-state index contributed by atoms with van der Waals surface area (Å²) in [6.07, 6.45) is 3.85. The van der Waals surface area contributed by atoms with Gasteiger partial charge in [-0.2, -0.15) is 8.42 Å². The van der Waals surface area contributed by atoms with Crippen molar-refractivity contribution >= 4 is 28.6 Å². The number of rotatable bonds is 7. The molecule has 3 rings (SSSR count). The van der Waals surface area contributed by atoms with Crippen LogP contribution in [0.2, 0.25) is 0 Å². The highest BCUT2D eigenvalue weighted by Crippen LogP contribution is 2.51. The monoisotopic (exact) mass is 404 g/mol. The summed E-state index contributed by atoms with van der Waals surface area (Å²) in [5, 5.41) is 2.70. The van der Waals surface area contributed by atoms with E-state index in [4.69, 9.17) is 4.18 Å². The van der Waals surface area contributed by atoms with Crippen LogP contribution in [-0.4, -0.2) is 26.4 Å². The Morgan fingerprint density at radius 2 is 1.44 bits per heavy atom. The van der Waals surface area contributed by atoms with E-state index in [9.17, 15) is 8.42 Å². The molecule has 0 heterocycles. The molecule has 1 aliphatic rings. The van der Waals surface area contributed by atoms with Gasteiger partial charge in [0.1, 0.15) is 0 Å². The van der Waals surface area contributed by atoms with Gasteiger partial charge in [-0.3, -0.25) is 4.18 Å². The summed E-state index contributed by atoms with van der Waals surface area (Å²) in [5.41, 5.74) is 0.374. The Labute approximate surface area is 165 Å². The van der Waals surface area contributed by atoms with Gasteiger partial charge in [0.25, 0.3) is 10.1 Å². The second-order valence-corrected chi connectivity index (χ2v) is 11.7. The van der Waals surface area contributed by atoms with E-state index in [1.807, 2.05) is 0 Å². The zero-order chi connectivity index (χ0) is 19.4. The molecular weight excluding hydrogens is 375 g/mol. The molecule has 0 bridgehead atoms. The minimum atomic E-state index is -3.45. The van der Waals surface area contributed by atoms with E-state index in [2.05, 4.69) is 74.5 Å². The summed E-state index contributed by atoms with van der Waals surface area (Å²) in [4.78, 5) is 0. The van der Waals surface area contributed by atoms with Gasteiger partial charge in [-0.1, -0.05) is 80.9 Å². The second kappa shape index (κ2) is 8.86. The maximum atomic E-state index is 11.8. The van der Waals surface area contributed by atoms with Crippen molar-refractivity contribution in [2.45, 2.75) is 44.9 Å². The SMILES string of the molecule is CC(C)[C@@H]([C@@H]1CCC[C@@H]1OS(C)(=O)=O)P(c1ccccc1)c1ccccc1. The lowest BCUT2D eigenvalue weighted by Gasteiger charge is -2.38.